The molecule has 0 aliphatic carbocycles. The molecular weight excluding hydrogens is 246 g/mol. The Morgan fingerprint density at radius 2 is 2.16 bits per heavy atom. The zero-order valence-corrected chi connectivity index (χ0v) is 11.3. The summed E-state index contributed by atoms with van der Waals surface area (Å²) in [5.74, 6) is 0.621. The van der Waals surface area contributed by atoms with Crippen molar-refractivity contribution in [1.82, 2.24) is 5.32 Å². The summed E-state index contributed by atoms with van der Waals surface area (Å²) in [5.41, 5.74) is 1.38. The molecule has 0 heterocycles. The molecule has 0 spiro atoms. The molecule has 0 bridgehead atoms. The van der Waals surface area contributed by atoms with Crippen LogP contribution in [0.2, 0.25) is 0 Å². The van der Waals surface area contributed by atoms with Gasteiger partial charge in [0.1, 0.15) is 5.75 Å². The van der Waals surface area contributed by atoms with E-state index in [1.165, 1.54) is 6.07 Å². The molecule has 0 aromatic heterocycles. The second-order valence-electron chi connectivity index (χ2n) is 4.27. The van der Waals surface area contributed by atoms with Crippen LogP contribution < -0.4 is 10.1 Å². The van der Waals surface area contributed by atoms with Crippen LogP contribution >= 0.6 is 0 Å². The molecule has 6 heteroatoms. The normalized spacial score (nSPS) is 11.7. The summed E-state index contributed by atoms with van der Waals surface area (Å²) >= 11 is 0. The summed E-state index contributed by atoms with van der Waals surface area (Å²) in [7, 11) is 1.72. The van der Waals surface area contributed by atoms with E-state index >= 15 is 0 Å². The van der Waals surface area contributed by atoms with Crippen LogP contribution in [0.1, 0.15) is 17.5 Å². The van der Waals surface area contributed by atoms with E-state index in [2.05, 4.69) is 11.4 Å². The van der Waals surface area contributed by atoms with E-state index in [1.54, 1.807) is 27.0 Å². The predicted molar refractivity (Wildman–Crippen MR) is 71.1 cm³/mol. The Hall–Kier alpha value is -2.13. The van der Waals surface area contributed by atoms with Gasteiger partial charge in [0.15, 0.2) is 0 Å². The molecule has 0 radical (unpaired) electrons. The van der Waals surface area contributed by atoms with Crippen molar-refractivity contribution >= 4 is 5.69 Å². The molecule has 0 aliphatic rings. The first-order chi connectivity index (χ1) is 8.99. The summed E-state index contributed by atoms with van der Waals surface area (Å²) in [6.45, 7) is 3.83. The molecule has 1 atom stereocenters. The number of nitro groups is 1. The number of rotatable bonds is 6. The zero-order chi connectivity index (χ0) is 14.4. The number of aryl methyl sites for hydroxylation is 2. The molecule has 1 aromatic rings. The molecular formula is C13H17N3O3. The highest BCUT2D eigenvalue weighted by Crippen LogP contribution is 2.27. The maximum Gasteiger partial charge on any atom is 0.272 e. The van der Waals surface area contributed by atoms with Crippen molar-refractivity contribution in [3.05, 3.63) is 33.4 Å². The molecule has 1 N–H and O–H groups in total. The number of benzene rings is 1. The van der Waals surface area contributed by atoms with E-state index in [0.29, 0.717) is 24.3 Å². The fraction of sp³-hybridized carbons (Fsp3) is 0.462. The van der Waals surface area contributed by atoms with Gasteiger partial charge in [0.25, 0.3) is 5.69 Å². The van der Waals surface area contributed by atoms with E-state index < -0.39 is 4.92 Å². The van der Waals surface area contributed by atoms with Crippen molar-refractivity contribution < 1.29 is 9.66 Å². The van der Waals surface area contributed by atoms with Crippen LogP contribution in [0.25, 0.3) is 0 Å². The summed E-state index contributed by atoms with van der Waals surface area (Å²) < 4.78 is 5.57. The zero-order valence-electron chi connectivity index (χ0n) is 11.3. The number of hydrogen-bond donors (Lipinski definition) is 1. The molecule has 0 saturated carbocycles. The van der Waals surface area contributed by atoms with E-state index in [-0.39, 0.29) is 11.7 Å². The van der Waals surface area contributed by atoms with Crippen molar-refractivity contribution in [2.45, 2.75) is 26.3 Å². The molecule has 0 aliphatic heterocycles. The van der Waals surface area contributed by atoms with E-state index in [4.69, 9.17) is 10.00 Å². The first kappa shape index (κ1) is 14.9. The molecule has 0 amide bonds. The third-order valence-electron chi connectivity index (χ3n) is 2.86. The quantitative estimate of drug-likeness (QED) is 0.627. The largest absolute Gasteiger partial charge is 0.493 e. The van der Waals surface area contributed by atoms with E-state index in [0.717, 1.165) is 5.56 Å². The van der Waals surface area contributed by atoms with Crippen LogP contribution in [0, 0.1) is 35.3 Å². The smallest absolute Gasteiger partial charge is 0.272 e. The number of nitrogens with zero attached hydrogens (tertiary/aromatic N) is 2. The van der Waals surface area contributed by atoms with Gasteiger partial charge >= 0.3 is 0 Å². The summed E-state index contributed by atoms with van der Waals surface area (Å²) in [6.07, 6.45) is 0.558. The number of hydrogen-bond acceptors (Lipinski definition) is 5. The van der Waals surface area contributed by atoms with Gasteiger partial charge in [-0.2, -0.15) is 5.26 Å². The van der Waals surface area contributed by atoms with Crippen LogP contribution in [-0.4, -0.2) is 24.6 Å². The van der Waals surface area contributed by atoms with Crippen molar-refractivity contribution in [3.8, 4) is 11.8 Å². The average Bonchev–Trinajstić information content (AvgIpc) is 2.37. The van der Waals surface area contributed by atoms with Crippen LogP contribution in [0.4, 0.5) is 5.69 Å². The summed E-state index contributed by atoms with van der Waals surface area (Å²) in [4.78, 5) is 10.4. The SMILES string of the molecule is CNC(C#N)CCOc1cc(C)c([N+](=O)[O-])cc1C. The van der Waals surface area contributed by atoms with Crippen LogP contribution in [0.3, 0.4) is 0 Å². The third kappa shape index (κ3) is 3.93. The molecule has 1 aromatic carbocycles. The van der Waals surface area contributed by atoms with E-state index in [9.17, 15) is 10.1 Å². The second-order valence-corrected chi connectivity index (χ2v) is 4.27. The predicted octanol–water partition coefficient (Wildman–Crippen LogP) is 2.09. The van der Waals surface area contributed by atoms with Crippen molar-refractivity contribution in [2.75, 3.05) is 13.7 Å². The third-order valence-corrected chi connectivity index (χ3v) is 2.86. The highest BCUT2D eigenvalue weighted by Gasteiger charge is 2.14. The number of nitrogens with one attached hydrogen (secondary N) is 1. The van der Waals surface area contributed by atoms with Gasteiger partial charge in [-0.15, -0.1) is 0 Å². The lowest BCUT2D eigenvalue weighted by Crippen LogP contribution is -2.25. The lowest BCUT2D eigenvalue weighted by Gasteiger charge is -2.12. The maximum absolute atomic E-state index is 10.8. The lowest BCUT2D eigenvalue weighted by molar-refractivity contribution is -0.385. The Morgan fingerprint density at radius 1 is 1.47 bits per heavy atom. The van der Waals surface area contributed by atoms with Gasteiger partial charge < -0.3 is 10.1 Å². The minimum atomic E-state index is -0.404. The number of nitriles is 1. The molecule has 102 valence electrons. The number of ether oxygens (including phenoxy) is 1. The second kappa shape index (κ2) is 6.71. The van der Waals surface area contributed by atoms with Gasteiger partial charge in [-0.1, -0.05) is 0 Å². The van der Waals surface area contributed by atoms with Gasteiger partial charge in [0, 0.05) is 18.1 Å². The Balaban J connectivity index is 2.73. The van der Waals surface area contributed by atoms with Gasteiger partial charge in [0.2, 0.25) is 0 Å². The molecule has 6 nitrogen and oxygen atoms in total. The van der Waals surface area contributed by atoms with Crippen LogP contribution in [-0.2, 0) is 0 Å². The van der Waals surface area contributed by atoms with Gasteiger partial charge in [-0.05, 0) is 32.5 Å². The molecule has 1 unspecified atom stereocenters. The van der Waals surface area contributed by atoms with Gasteiger partial charge in [0.05, 0.1) is 23.6 Å². The Labute approximate surface area is 112 Å². The van der Waals surface area contributed by atoms with E-state index in [1.807, 2.05) is 0 Å². The minimum absolute atomic E-state index is 0.0926. The fourth-order valence-corrected chi connectivity index (χ4v) is 1.69. The van der Waals surface area contributed by atoms with Crippen molar-refractivity contribution in [3.63, 3.8) is 0 Å². The van der Waals surface area contributed by atoms with Gasteiger partial charge in [-0.25, -0.2) is 0 Å². The molecule has 1 rings (SSSR count). The minimum Gasteiger partial charge on any atom is -0.493 e. The van der Waals surface area contributed by atoms with Crippen LogP contribution in [0.5, 0.6) is 5.75 Å². The van der Waals surface area contributed by atoms with Crippen LogP contribution in [0.15, 0.2) is 12.1 Å². The maximum atomic E-state index is 10.8. The first-order valence-corrected chi connectivity index (χ1v) is 5.95. The fourth-order valence-electron chi connectivity index (χ4n) is 1.69. The molecule has 0 fully saturated rings. The number of nitro benzene ring substituents is 1. The highest BCUT2D eigenvalue weighted by atomic mass is 16.6. The summed E-state index contributed by atoms with van der Waals surface area (Å²) in [6, 6.07) is 5.02. The Bertz CT molecular complexity index is 509. The van der Waals surface area contributed by atoms with Crippen molar-refractivity contribution in [1.29, 1.82) is 5.26 Å². The average molecular weight is 263 g/mol. The summed E-state index contributed by atoms with van der Waals surface area (Å²) in [5, 5.41) is 22.4. The van der Waals surface area contributed by atoms with Gasteiger partial charge in [-0.3, -0.25) is 10.1 Å². The topological polar surface area (TPSA) is 88.2 Å². The lowest BCUT2D eigenvalue weighted by atomic mass is 10.1. The Kier molecular flexibility index (Phi) is 5.27. The Morgan fingerprint density at radius 3 is 2.68 bits per heavy atom. The highest BCUT2D eigenvalue weighted by molar-refractivity contribution is 5.49. The molecule has 0 saturated heterocycles. The monoisotopic (exact) mass is 263 g/mol. The first-order valence-electron chi connectivity index (χ1n) is 5.95. The molecule has 19 heavy (non-hydrogen) atoms. The van der Waals surface area contributed by atoms with Crippen molar-refractivity contribution in [2.24, 2.45) is 0 Å². The standard InChI is InChI=1S/C13H17N3O3/c1-9-7-13(10(2)6-12(9)16(17)18)19-5-4-11(8-14)15-3/h6-7,11,15H,4-5H2,1-3H3.